The van der Waals surface area contributed by atoms with E-state index in [0.717, 1.165) is 6.42 Å². The van der Waals surface area contributed by atoms with Crippen molar-refractivity contribution < 1.29 is 23.4 Å². The fourth-order valence-corrected chi connectivity index (χ4v) is 5.35. The standard InChI is InChI=1S/C31H35FN2O5S/c1-18(2)13-14-38-24-12-9-22(16-25(24)37-6)28-27(30(36)39-17-19(3)4)20(5)33-31-34(28)29(35)26(40-31)15-21-7-10-23(32)11-8-21/h7-12,15-16,18-19,28H,13-14,17H2,1-6H3/b26-15-. The van der Waals surface area contributed by atoms with Crippen LogP contribution in [0.5, 0.6) is 11.5 Å². The number of hydrogen-bond donors (Lipinski definition) is 0. The van der Waals surface area contributed by atoms with Crippen LogP contribution in [0.3, 0.4) is 0 Å². The lowest BCUT2D eigenvalue weighted by atomic mass is 9.95. The highest BCUT2D eigenvalue weighted by Crippen LogP contribution is 2.36. The van der Waals surface area contributed by atoms with E-state index in [1.165, 1.54) is 28.0 Å². The molecule has 0 amide bonds. The average Bonchev–Trinajstić information content (AvgIpc) is 3.21. The monoisotopic (exact) mass is 566 g/mol. The van der Waals surface area contributed by atoms with E-state index in [2.05, 4.69) is 18.8 Å². The second-order valence-corrected chi connectivity index (χ2v) is 11.6. The number of esters is 1. The van der Waals surface area contributed by atoms with Gasteiger partial charge in [-0.15, -0.1) is 0 Å². The van der Waals surface area contributed by atoms with Gasteiger partial charge in [0.05, 0.1) is 42.2 Å². The zero-order valence-corrected chi connectivity index (χ0v) is 24.5. The summed E-state index contributed by atoms with van der Waals surface area (Å²) in [5.41, 5.74) is 1.80. The molecule has 1 atom stereocenters. The third-order valence-corrected chi connectivity index (χ3v) is 7.40. The number of carbonyl (C=O) groups excluding carboxylic acids is 1. The van der Waals surface area contributed by atoms with E-state index in [1.807, 2.05) is 19.9 Å². The van der Waals surface area contributed by atoms with E-state index in [-0.39, 0.29) is 29.5 Å². The lowest BCUT2D eigenvalue weighted by Crippen LogP contribution is -2.40. The van der Waals surface area contributed by atoms with Crippen molar-refractivity contribution in [3.05, 3.63) is 90.4 Å². The molecule has 1 aliphatic rings. The van der Waals surface area contributed by atoms with E-state index < -0.39 is 12.0 Å². The quantitative estimate of drug-likeness (QED) is 0.323. The molecule has 0 aliphatic carbocycles. The Bertz CT molecular complexity index is 1590. The molecule has 9 heteroatoms. The summed E-state index contributed by atoms with van der Waals surface area (Å²) in [5, 5.41) is 0. The van der Waals surface area contributed by atoms with Gasteiger partial charge in [-0.25, -0.2) is 14.2 Å². The van der Waals surface area contributed by atoms with Crippen LogP contribution in [0, 0.1) is 17.7 Å². The molecule has 3 aromatic rings. The average molecular weight is 567 g/mol. The molecule has 0 N–H and O–H groups in total. The predicted molar refractivity (Wildman–Crippen MR) is 154 cm³/mol. The number of fused-ring (bicyclic) bond motifs is 1. The minimum Gasteiger partial charge on any atom is -0.493 e. The molecule has 0 bridgehead atoms. The number of aromatic nitrogens is 1. The highest BCUT2D eigenvalue weighted by molar-refractivity contribution is 7.07. The second-order valence-electron chi connectivity index (χ2n) is 10.6. The molecular weight excluding hydrogens is 531 g/mol. The van der Waals surface area contributed by atoms with Crippen LogP contribution in [-0.2, 0) is 9.53 Å². The van der Waals surface area contributed by atoms with Gasteiger partial charge in [-0.3, -0.25) is 9.36 Å². The highest BCUT2D eigenvalue weighted by atomic mass is 32.1. The number of ether oxygens (including phenoxy) is 3. The number of rotatable bonds is 10. The zero-order chi connectivity index (χ0) is 29.0. The molecule has 212 valence electrons. The van der Waals surface area contributed by atoms with Crippen molar-refractivity contribution in [2.45, 2.75) is 47.1 Å². The number of carbonyl (C=O) groups is 1. The molecule has 0 fully saturated rings. The first-order chi connectivity index (χ1) is 19.1. The van der Waals surface area contributed by atoms with E-state index in [9.17, 15) is 14.0 Å². The van der Waals surface area contributed by atoms with Gasteiger partial charge < -0.3 is 14.2 Å². The molecule has 1 aromatic heterocycles. The van der Waals surface area contributed by atoms with Crippen molar-refractivity contribution in [3.8, 4) is 11.5 Å². The van der Waals surface area contributed by atoms with Gasteiger partial charge in [0.15, 0.2) is 16.3 Å². The first kappa shape index (κ1) is 29.3. The van der Waals surface area contributed by atoms with Crippen LogP contribution in [-0.4, -0.2) is 30.9 Å². The maximum absolute atomic E-state index is 13.8. The molecule has 0 radical (unpaired) electrons. The Hall–Kier alpha value is -3.72. The Morgan fingerprint density at radius 1 is 1.10 bits per heavy atom. The molecule has 0 spiro atoms. The summed E-state index contributed by atoms with van der Waals surface area (Å²) < 4.78 is 32.6. The summed E-state index contributed by atoms with van der Waals surface area (Å²) in [6, 6.07) is 10.5. The molecule has 1 unspecified atom stereocenters. The Labute approximate surface area is 237 Å². The minimum atomic E-state index is -0.787. The van der Waals surface area contributed by atoms with Gasteiger partial charge in [0, 0.05) is 0 Å². The molecule has 2 aromatic carbocycles. The summed E-state index contributed by atoms with van der Waals surface area (Å²) in [6.45, 7) is 10.7. The Kier molecular flexibility index (Phi) is 9.25. The zero-order valence-electron chi connectivity index (χ0n) is 23.7. The van der Waals surface area contributed by atoms with Crippen molar-refractivity contribution in [1.29, 1.82) is 0 Å². The topological polar surface area (TPSA) is 79.1 Å². The molecule has 7 nitrogen and oxygen atoms in total. The fraction of sp³-hybridized carbons (Fsp3) is 0.387. The van der Waals surface area contributed by atoms with Crippen LogP contribution < -0.4 is 24.4 Å². The molecule has 40 heavy (non-hydrogen) atoms. The largest absolute Gasteiger partial charge is 0.493 e. The van der Waals surface area contributed by atoms with Crippen LogP contribution in [0.15, 0.2) is 63.5 Å². The number of halogens is 1. The number of thiazole rings is 1. The molecule has 1 aliphatic heterocycles. The summed E-state index contributed by atoms with van der Waals surface area (Å²) in [6.07, 6.45) is 2.59. The molecule has 2 heterocycles. The molecule has 0 saturated heterocycles. The van der Waals surface area contributed by atoms with Gasteiger partial charge >= 0.3 is 5.97 Å². The van der Waals surface area contributed by atoms with Crippen LogP contribution in [0.2, 0.25) is 0 Å². The van der Waals surface area contributed by atoms with Crippen LogP contribution in [0.25, 0.3) is 6.08 Å². The van der Waals surface area contributed by atoms with Crippen LogP contribution >= 0.6 is 11.3 Å². The number of methoxy groups -OCH3 is 1. The molecule has 0 saturated carbocycles. The first-order valence-corrected chi connectivity index (χ1v) is 14.2. The predicted octanol–water partition coefficient (Wildman–Crippen LogP) is 5.01. The van der Waals surface area contributed by atoms with Crippen molar-refractivity contribution in [3.63, 3.8) is 0 Å². The minimum absolute atomic E-state index is 0.141. The summed E-state index contributed by atoms with van der Waals surface area (Å²) in [5.74, 6) is 0.837. The van der Waals surface area contributed by atoms with Crippen LogP contribution in [0.4, 0.5) is 4.39 Å². The van der Waals surface area contributed by atoms with E-state index in [0.29, 0.717) is 50.2 Å². The second kappa shape index (κ2) is 12.6. The van der Waals surface area contributed by atoms with Gasteiger partial charge in [-0.2, -0.15) is 0 Å². The van der Waals surface area contributed by atoms with Crippen molar-refractivity contribution in [2.75, 3.05) is 20.3 Å². The van der Waals surface area contributed by atoms with Gasteiger partial charge in [0.25, 0.3) is 5.56 Å². The third kappa shape index (κ3) is 6.53. The van der Waals surface area contributed by atoms with Gasteiger partial charge in [0.2, 0.25) is 0 Å². The summed E-state index contributed by atoms with van der Waals surface area (Å²) >= 11 is 1.21. The smallest absolute Gasteiger partial charge is 0.338 e. The third-order valence-electron chi connectivity index (χ3n) is 6.41. The van der Waals surface area contributed by atoms with E-state index >= 15 is 0 Å². The Morgan fingerprint density at radius 2 is 1.82 bits per heavy atom. The normalized spacial score (nSPS) is 15.3. The number of hydrogen-bond acceptors (Lipinski definition) is 7. The number of nitrogens with zero attached hydrogens (tertiary/aromatic N) is 2. The SMILES string of the molecule is COc1cc(C2C(C(=O)OCC(C)C)=C(C)N=c3s/c(=C\c4ccc(F)cc4)c(=O)n32)ccc1OCCC(C)C. The first-order valence-electron chi connectivity index (χ1n) is 13.3. The van der Waals surface area contributed by atoms with Crippen molar-refractivity contribution in [2.24, 2.45) is 16.8 Å². The van der Waals surface area contributed by atoms with Gasteiger partial charge in [-0.1, -0.05) is 57.2 Å². The lowest BCUT2D eigenvalue weighted by Gasteiger charge is -2.25. The van der Waals surface area contributed by atoms with Gasteiger partial charge in [0.1, 0.15) is 5.82 Å². The maximum Gasteiger partial charge on any atom is 0.338 e. The summed E-state index contributed by atoms with van der Waals surface area (Å²) in [4.78, 5) is 32.3. The van der Waals surface area contributed by atoms with Crippen LogP contribution in [0.1, 0.15) is 58.2 Å². The Morgan fingerprint density at radius 3 is 2.48 bits per heavy atom. The van der Waals surface area contributed by atoms with Gasteiger partial charge in [-0.05, 0) is 66.6 Å². The Balaban J connectivity index is 1.85. The molecule has 4 rings (SSSR count). The summed E-state index contributed by atoms with van der Waals surface area (Å²) in [7, 11) is 1.56. The van der Waals surface area contributed by atoms with E-state index in [4.69, 9.17) is 14.2 Å². The number of allylic oxidation sites excluding steroid dienone is 1. The number of benzene rings is 2. The lowest BCUT2D eigenvalue weighted by molar-refractivity contribution is -0.140. The van der Waals surface area contributed by atoms with E-state index in [1.54, 1.807) is 44.4 Å². The maximum atomic E-state index is 13.8. The highest BCUT2D eigenvalue weighted by Gasteiger charge is 2.34. The van der Waals surface area contributed by atoms with Crippen molar-refractivity contribution in [1.82, 2.24) is 4.57 Å². The van der Waals surface area contributed by atoms with Crippen molar-refractivity contribution >= 4 is 23.4 Å². The molecular formula is C31H35FN2O5S. The fourth-order valence-electron chi connectivity index (χ4n) is 4.31.